The lowest BCUT2D eigenvalue weighted by Crippen LogP contribution is -2.64. The Morgan fingerprint density at radius 2 is 1.84 bits per heavy atom. The van der Waals surface area contributed by atoms with Gasteiger partial charge in [0.2, 0.25) is 0 Å². The van der Waals surface area contributed by atoms with Crippen LogP contribution in [0.25, 0.3) is 0 Å². The summed E-state index contributed by atoms with van der Waals surface area (Å²) in [6.45, 7) is 11.1. The van der Waals surface area contributed by atoms with Crippen molar-refractivity contribution in [2.45, 2.75) is 91.1 Å². The van der Waals surface area contributed by atoms with Crippen molar-refractivity contribution in [3.63, 3.8) is 0 Å². The molecule has 0 aromatic carbocycles. The first-order valence-electron chi connectivity index (χ1n) is 11.7. The summed E-state index contributed by atoms with van der Waals surface area (Å²) in [5.41, 5.74) is 7.11. The van der Waals surface area contributed by atoms with Gasteiger partial charge in [-0.05, 0) is 73.0 Å². The van der Waals surface area contributed by atoms with Gasteiger partial charge in [0.05, 0.1) is 25.4 Å². The van der Waals surface area contributed by atoms with Crippen LogP contribution >= 0.6 is 0 Å². The van der Waals surface area contributed by atoms with E-state index in [4.69, 9.17) is 15.2 Å². The molecule has 4 N–H and O–H groups in total. The lowest BCUT2D eigenvalue weighted by atomic mass is 9.39. The van der Waals surface area contributed by atoms with E-state index in [0.717, 1.165) is 19.3 Å². The number of aliphatic hydroxyl groups excluding tert-OH is 2. The number of rotatable bonds is 5. The van der Waals surface area contributed by atoms with Crippen LogP contribution in [0.5, 0.6) is 0 Å². The number of fused-ring (bicyclic) bond motifs is 3. The van der Waals surface area contributed by atoms with Crippen LogP contribution in [-0.2, 0) is 14.3 Å². The van der Waals surface area contributed by atoms with Gasteiger partial charge in [0, 0.05) is 7.11 Å². The quantitative estimate of drug-likeness (QED) is 0.451. The molecule has 6 nitrogen and oxygen atoms in total. The number of carbonyl (C=O) groups is 1. The maximum absolute atomic E-state index is 12.1. The lowest BCUT2D eigenvalue weighted by Gasteiger charge is -2.67. The number of methoxy groups -OCH3 is 2. The Morgan fingerprint density at radius 3 is 2.42 bits per heavy atom. The summed E-state index contributed by atoms with van der Waals surface area (Å²) in [4.78, 5) is 12.1. The van der Waals surface area contributed by atoms with E-state index in [-0.39, 0.29) is 22.2 Å². The summed E-state index contributed by atoms with van der Waals surface area (Å²) in [5.74, 6) is 0.504. The molecule has 3 aliphatic carbocycles. The van der Waals surface area contributed by atoms with E-state index in [9.17, 15) is 15.0 Å². The molecular formula is C25H43NO5. The van der Waals surface area contributed by atoms with Gasteiger partial charge in [0.1, 0.15) is 6.04 Å². The second-order valence-corrected chi connectivity index (χ2v) is 11.5. The third kappa shape index (κ3) is 3.77. The highest BCUT2D eigenvalue weighted by Gasteiger charge is 2.64. The standard InChI is InChI=1S/C25H43NO5/c1-14-8-9-19-24(4,15(14)12-17(30-6)20(26)22(29)31-7)11-10-18-23(2,3)21(28)16(27)13-25(18,19)5/h8,15-21,27-28H,9-13,26H2,1-7H3/t15-,16-,17-,18+,19-,20-,21+,24-,25+/m0/s1. The SMILES string of the molecule is COC(=O)[C@@H](N)[C@H](C[C@H]1C(C)=CC[C@@H]2[C@]3(C)C[C@H](O)[C@@H](O)C(C)(C)[C@H]3CC[C@]21C)OC. The van der Waals surface area contributed by atoms with Gasteiger partial charge in [0.15, 0.2) is 0 Å². The smallest absolute Gasteiger partial charge is 0.325 e. The molecule has 0 saturated heterocycles. The highest BCUT2D eigenvalue weighted by atomic mass is 16.5. The van der Waals surface area contributed by atoms with E-state index in [0.29, 0.717) is 24.7 Å². The fourth-order valence-corrected chi connectivity index (χ4v) is 8.01. The predicted molar refractivity (Wildman–Crippen MR) is 120 cm³/mol. The Hall–Kier alpha value is -0.950. The van der Waals surface area contributed by atoms with Gasteiger partial charge in [0.25, 0.3) is 0 Å². The molecule has 0 spiro atoms. The Bertz CT molecular complexity index is 721. The summed E-state index contributed by atoms with van der Waals surface area (Å²) < 4.78 is 10.5. The number of aliphatic hydroxyl groups is 2. The van der Waals surface area contributed by atoms with Crippen LogP contribution in [0, 0.1) is 34.0 Å². The van der Waals surface area contributed by atoms with Crippen molar-refractivity contribution >= 4 is 5.97 Å². The Kier molecular flexibility index (Phi) is 6.72. The predicted octanol–water partition coefficient (Wildman–Crippen LogP) is 3.05. The van der Waals surface area contributed by atoms with Gasteiger partial charge < -0.3 is 25.4 Å². The van der Waals surface area contributed by atoms with E-state index in [1.807, 2.05) is 0 Å². The maximum atomic E-state index is 12.1. The van der Waals surface area contributed by atoms with Crippen LogP contribution in [0.3, 0.4) is 0 Å². The summed E-state index contributed by atoms with van der Waals surface area (Å²) >= 11 is 0. The number of hydrogen-bond acceptors (Lipinski definition) is 6. The average molecular weight is 438 g/mol. The van der Waals surface area contributed by atoms with Crippen LogP contribution in [0.1, 0.15) is 66.7 Å². The molecule has 0 unspecified atom stereocenters. The van der Waals surface area contributed by atoms with Gasteiger partial charge in [-0.3, -0.25) is 4.79 Å². The molecule has 0 aromatic heterocycles. The van der Waals surface area contributed by atoms with E-state index in [1.54, 1.807) is 7.11 Å². The normalized spacial score (nSPS) is 43.8. The summed E-state index contributed by atoms with van der Waals surface area (Å²) in [6, 6.07) is -0.815. The topological polar surface area (TPSA) is 102 Å². The minimum atomic E-state index is -0.815. The molecule has 0 heterocycles. The number of esters is 1. The largest absolute Gasteiger partial charge is 0.468 e. The van der Waals surface area contributed by atoms with E-state index < -0.39 is 30.3 Å². The Balaban J connectivity index is 1.96. The molecule has 0 radical (unpaired) electrons. The van der Waals surface area contributed by atoms with Crippen molar-refractivity contribution in [3.05, 3.63) is 11.6 Å². The van der Waals surface area contributed by atoms with Crippen LogP contribution in [0.15, 0.2) is 11.6 Å². The van der Waals surface area contributed by atoms with Crippen molar-refractivity contribution in [1.82, 2.24) is 0 Å². The summed E-state index contributed by atoms with van der Waals surface area (Å²) in [5, 5.41) is 21.6. The summed E-state index contributed by atoms with van der Waals surface area (Å²) in [7, 11) is 2.96. The first kappa shape index (κ1) is 24.7. The molecule has 0 bridgehead atoms. The van der Waals surface area contributed by atoms with Crippen LogP contribution in [0.2, 0.25) is 0 Å². The average Bonchev–Trinajstić information content (AvgIpc) is 2.70. The number of hydrogen-bond donors (Lipinski definition) is 3. The van der Waals surface area contributed by atoms with Crippen molar-refractivity contribution in [1.29, 1.82) is 0 Å². The molecule has 2 saturated carbocycles. The molecular weight excluding hydrogens is 394 g/mol. The fraction of sp³-hybridized carbons (Fsp3) is 0.880. The van der Waals surface area contributed by atoms with Crippen LogP contribution < -0.4 is 5.73 Å². The Morgan fingerprint density at radius 1 is 1.19 bits per heavy atom. The zero-order chi connectivity index (χ0) is 23.4. The molecule has 0 aliphatic heterocycles. The van der Waals surface area contributed by atoms with Crippen molar-refractivity contribution in [2.75, 3.05) is 14.2 Å². The molecule has 0 aromatic rings. The van der Waals surface area contributed by atoms with E-state index in [1.165, 1.54) is 12.7 Å². The molecule has 31 heavy (non-hydrogen) atoms. The zero-order valence-corrected chi connectivity index (χ0v) is 20.4. The van der Waals surface area contributed by atoms with E-state index >= 15 is 0 Å². The van der Waals surface area contributed by atoms with Gasteiger partial charge in [-0.25, -0.2) is 0 Å². The third-order valence-electron chi connectivity index (χ3n) is 9.70. The zero-order valence-electron chi connectivity index (χ0n) is 20.4. The highest BCUT2D eigenvalue weighted by Crippen LogP contribution is 2.68. The lowest BCUT2D eigenvalue weighted by molar-refractivity contribution is -0.218. The second-order valence-electron chi connectivity index (χ2n) is 11.5. The first-order chi connectivity index (χ1) is 14.3. The summed E-state index contributed by atoms with van der Waals surface area (Å²) in [6.07, 6.45) is 4.85. The van der Waals surface area contributed by atoms with Crippen molar-refractivity contribution < 1.29 is 24.5 Å². The van der Waals surface area contributed by atoms with Gasteiger partial charge in [-0.15, -0.1) is 0 Å². The molecule has 2 fully saturated rings. The minimum Gasteiger partial charge on any atom is -0.468 e. The molecule has 9 atom stereocenters. The van der Waals surface area contributed by atoms with Gasteiger partial charge in [-0.1, -0.05) is 39.3 Å². The third-order valence-corrected chi connectivity index (χ3v) is 9.70. The van der Waals surface area contributed by atoms with Crippen molar-refractivity contribution in [2.24, 2.45) is 39.7 Å². The van der Waals surface area contributed by atoms with Gasteiger partial charge in [-0.2, -0.15) is 0 Å². The number of ether oxygens (including phenoxy) is 2. The van der Waals surface area contributed by atoms with E-state index in [2.05, 4.69) is 40.7 Å². The molecule has 0 amide bonds. The maximum Gasteiger partial charge on any atom is 0.325 e. The van der Waals surface area contributed by atoms with Crippen molar-refractivity contribution in [3.8, 4) is 0 Å². The first-order valence-corrected chi connectivity index (χ1v) is 11.7. The fourth-order valence-electron chi connectivity index (χ4n) is 8.01. The van der Waals surface area contributed by atoms with Crippen LogP contribution in [-0.4, -0.2) is 54.8 Å². The number of nitrogens with two attached hydrogens (primary N) is 1. The number of allylic oxidation sites excluding steroid dienone is 2. The van der Waals surface area contributed by atoms with Gasteiger partial charge >= 0.3 is 5.97 Å². The van der Waals surface area contributed by atoms with Crippen LogP contribution in [0.4, 0.5) is 0 Å². The highest BCUT2D eigenvalue weighted by molar-refractivity contribution is 5.76. The Labute approximate surface area is 187 Å². The second kappa shape index (κ2) is 8.44. The number of carbonyl (C=O) groups excluding carboxylic acids is 1. The molecule has 3 rings (SSSR count). The molecule has 3 aliphatic rings. The monoisotopic (exact) mass is 437 g/mol. The molecule has 178 valence electrons. The molecule has 6 heteroatoms. The minimum absolute atomic E-state index is 0.00873.